The molecule has 0 saturated carbocycles. The summed E-state index contributed by atoms with van der Waals surface area (Å²) in [7, 11) is 1.53. The molecule has 0 fully saturated rings. The summed E-state index contributed by atoms with van der Waals surface area (Å²) in [6.45, 7) is 2.27. The van der Waals surface area contributed by atoms with Crippen LogP contribution in [0.15, 0.2) is 18.2 Å². The monoisotopic (exact) mass is 258 g/mol. The van der Waals surface area contributed by atoms with E-state index < -0.39 is 0 Å². The van der Waals surface area contributed by atoms with Crippen LogP contribution in [-0.4, -0.2) is 26.5 Å². The maximum absolute atomic E-state index is 11.3. The standard InChI is InChI=1S/C12H15ClO4/c1-3-16-12(14)6-9-4-10(13)7-11(5-9)17-8-15-2/h4-5,7H,3,6,8H2,1-2H3. The van der Waals surface area contributed by atoms with E-state index in [1.54, 1.807) is 25.1 Å². The Bertz CT molecular complexity index is 379. The first-order valence-corrected chi connectivity index (χ1v) is 5.60. The lowest BCUT2D eigenvalue weighted by atomic mass is 10.1. The van der Waals surface area contributed by atoms with Crippen molar-refractivity contribution in [3.05, 3.63) is 28.8 Å². The van der Waals surface area contributed by atoms with E-state index in [0.29, 0.717) is 17.4 Å². The van der Waals surface area contributed by atoms with Crippen LogP contribution in [0.3, 0.4) is 0 Å². The molecule has 0 aliphatic heterocycles. The number of rotatable bonds is 6. The Kier molecular flexibility index (Phi) is 5.80. The first-order valence-electron chi connectivity index (χ1n) is 5.22. The number of carbonyl (C=O) groups is 1. The van der Waals surface area contributed by atoms with Crippen LogP contribution in [0.1, 0.15) is 12.5 Å². The van der Waals surface area contributed by atoms with E-state index in [0.717, 1.165) is 5.56 Å². The average Bonchev–Trinajstić information content (AvgIpc) is 2.25. The maximum Gasteiger partial charge on any atom is 0.310 e. The highest BCUT2D eigenvalue weighted by atomic mass is 35.5. The Morgan fingerprint density at radius 1 is 1.35 bits per heavy atom. The number of benzene rings is 1. The third kappa shape index (κ3) is 5.06. The number of halogens is 1. The normalized spacial score (nSPS) is 10.1. The minimum Gasteiger partial charge on any atom is -0.468 e. The van der Waals surface area contributed by atoms with Gasteiger partial charge in [-0.15, -0.1) is 0 Å². The van der Waals surface area contributed by atoms with Gasteiger partial charge >= 0.3 is 5.97 Å². The molecule has 0 aromatic heterocycles. The van der Waals surface area contributed by atoms with Crippen LogP contribution in [0.5, 0.6) is 5.75 Å². The number of carbonyl (C=O) groups excluding carboxylic acids is 1. The predicted molar refractivity (Wildman–Crippen MR) is 64.3 cm³/mol. The van der Waals surface area contributed by atoms with Crippen molar-refractivity contribution in [1.29, 1.82) is 0 Å². The van der Waals surface area contributed by atoms with Gasteiger partial charge in [0, 0.05) is 12.1 Å². The van der Waals surface area contributed by atoms with Gasteiger partial charge in [-0.3, -0.25) is 4.79 Å². The van der Waals surface area contributed by atoms with Crippen LogP contribution in [0.25, 0.3) is 0 Å². The van der Waals surface area contributed by atoms with E-state index in [4.69, 9.17) is 25.8 Å². The van der Waals surface area contributed by atoms with Crippen LogP contribution in [0.4, 0.5) is 0 Å². The molecule has 1 rings (SSSR count). The van der Waals surface area contributed by atoms with Crippen LogP contribution >= 0.6 is 11.6 Å². The highest BCUT2D eigenvalue weighted by molar-refractivity contribution is 6.30. The van der Waals surface area contributed by atoms with Crippen molar-refractivity contribution in [2.75, 3.05) is 20.5 Å². The highest BCUT2D eigenvalue weighted by Crippen LogP contribution is 2.21. The minimum absolute atomic E-state index is 0.138. The van der Waals surface area contributed by atoms with Gasteiger partial charge in [-0.25, -0.2) is 0 Å². The lowest BCUT2D eigenvalue weighted by molar-refractivity contribution is -0.142. The molecular formula is C12H15ClO4. The molecule has 0 atom stereocenters. The van der Waals surface area contributed by atoms with E-state index in [1.807, 2.05) is 0 Å². The molecule has 17 heavy (non-hydrogen) atoms. The smallest absolute Gasteiger partial charge is 0.310 e. The van der Waals surface area contributed by atoms with Crippen molar-refractivity contribution < 1.29 is 19.0 Å². The molecule has 1 aromatic carbocycles. The lowest BCUT2D eigenvalue weighted by Crippen LogP contribution is -2.08. The van der Waals surface area contributed by atoms with Crippen LogP contribution < -0.4 is 4.74 Å². The second-order valence-electron chi connectivity index (χ2n) is 3.33. The van der Waals surface area contributed by atoms with Gasteiger partial charge in [0.25, 0.3) is 0 Å². The summed E-state index contributed by atoms with van der Waals surface area (Å²) >= 11 is 5.92. The zero-order valence-corrected chi connectivity index (χ0v) is 10.6. The van der Waals surface area contributed by atoms with E-state index in [-0.39, 0.29) is 19.2 Å². The summed E-state index contributed by atoms with van der Waals surface area (Å²) < 4.78 is 14.9. The van der Waals surface area contributed by atoms with Crippen molar-refractivity contribution in [2.45, 2.75) is 13.3 Å². The zero-order valence-electron chi connectivity index (χ0n) is 9.86. The zero-order chi connectivity index (χ0) is 12.7. The third-order valence-corrected chi connectivity index (χ3v) is 2.15. The van der Waals surface area contributed by atoms with E-state index in [1.165, 1.54) is 7.11 Å². The van der Waals surface area contributed by atoms with Gasteiger partial charge in [0.15, 0.2) is 6.79 Å². The second-order valence-corrected chi connectivity index (χ2v) is 3.76. The van der Waals surface area contributed by atoms with Crippen molar-refractivity contribution in [3.63, 3.8) is 0 Å². The van der Waals surface area contributed by atoms with Crippen LogP contribution in [0, 0.1) is 0 Å². The van der Waals surface area contributed by atoms with E-state index in [9.17, 15) is 4.79 Å². The predicted octanol–water partition coefficient (Wildman–Crippen LogP) is 2.43. The van der Waals surface area contributed by atoms with Gasteiger partial charge in [0.2, 0.25) is 0 Å². The van der Waals surface area contributed by atoms with Gasteiger partial charge in [-0.2, -0.15) is 0 Å². The van der Waals surface area contributed by atoms with E-state index in [2.05, 4.69) is 0 Å². The molecule has 0 radical (unpaired) electrons. The fourth-order valence-corrected chi connectivity index (χ4v) is 1.56. The van der Waals surface area contributed by atoms with Gasteiger partial charge in [0.1, 0.15) is 5.75 Å². The average molecular weight is 259 g/mol. The number of hydrogen-bond donors (Lipinski definition) is 0. The Morgan fingerprint density at radius 2 is 2.12 bits per heavy atom. The molecule has 5 heteroatoms. The second kappa shape index (κ2) is 7.14. The summed E-state index contributed by atoms with van der Waals surface area (Å²) in [4.78, 5) is 11.3. The van der Waals surface area contributed by atoms with Gasteiger partial charge < -0.3 is 14.2 Å². The lowest BCUT2D eigenvalue weighted by Gasteiger charge is -2.08. The minimum atomic E-state index is -0.285. The molecule has 0 unspecified atom stereocenters. The fourth-order valence-electron chi connectivity index (χ4n) is 1.31. The molecule has 0 aliphatic rings. The SMILES string of the molecule is CCOC(=O)Cc1cc(Cl)cc(OCOC)c1. The van der Waals surface area contributed by atoms with Gasteiger partial charge in [-0.1, -0.05) is 11.6 Å². The number of esters is 1. The molecule has 0 aliphatic carbocycles. The third-order valence-electron chi connectivity index (χ3n) is 1.93. The summed E-state index contributed by atoms with van der Waals surface area (Å²) in [6, 6.07) is 5.11. The van der Waals surface area contributed by atoms with Crippen molar-refractivity contribution in [2.24, 2.45) is 0 Å². The van der Waals surface area contributed by atoms with Gasteiger partial charge in [-0.05, 0) is 30.7 Å². The summed E-state index contributed by atoms with van der Waals surface area (Å²) in [5.74, 6) is 0.283. The summed E-state index contributed by atoms with van der Waals surface area (Å²) in [6.07, 6.45) is 0.178. The maximum atomic E-state index is 11.3. The molecule has 1 aromatic rings. The first kappa shape index (κ1) is 13.8. The van der Waals surface area contributed by atoms with Gasteiger partial charge in [0.05, 0.1) is 13.0 Å². The topological polar surface area (TPSA) is 44.8 Å². The highest BCUT2D eigenvalue weighted by Gasteiger charge is 2.07. The largest absolute Gasteiger partial charge is 0.468 e. The molecule has 94 valence electrons. The van der Waals surface area contributed by atoms with Crippen molar-refractivity contribution in [3.8, 4) is 5.75 Å². The summed E-state index contributed by atoms with van der Waals surface area (Å²) in [5, 5.41) is 0.512. The Morgan fingerprint density at radius 3 is 2.76 bits per heavy atom. The Labute approximate surface area is 105 Å². The Balaban J connectivity index is 2.71. The molecule has 0 amide bonds. The number of ether oxygens (including phenoxy) is 3. The molecule has 0 saturated heterocycles. The van der Waals surface area contributed by atoms with Crippen molar-refractivity contribution >= 4 is 17.6 Å². The number of hydrogen-bond acceptors (Lipinski definition) is 4. The molecule has 4 nitrogen and oxygen atoms in total. The van der Waals surface area contributed by atoms with Crippen LogP contribution in [0.2, 0.25) is 5.02 Å². The van der Waals surface area contributed by atoms with Crippen LogP contribution in [-0.2, 0) is 20.7 Å². The molecule has 0 bridgehead atoms. The summed E-state index contributed by atoms with van der Waals surface area (Å²) in [5.41, 5.74) is 0.752. The number of methoxy groups -OCH3 is 1. The Hall–Kier alpha value is -1.26. The molecule has 0 spiro atoms. The first-order chi connectivity index (χ1) is 8.15. The molecule has 0 heterocycles. The van der Waals surface area contributed by atoms with Crippen molar-refractivity contribution in [1.82, 2.24) is 0 Å². The molecular weight excluding hydrogens is 244 g/mol. The quantitative estimate of drug-likeness (QED) is 0.581. The van der Waals surface area contributed by atoms with E-state index >= 15 is 0 Å². The molecule has 0 N–H and O–H groups in total. The fraction of sp³-hybridized carbons (Fsp3) is 0.417.